The van der Waals surface area contributed by atoms with Crippen LogP contribution in [0.4, 0.5) is 0 Å². The Hall–Kier alpha value is -0.640. The quantitative estimate of drug-likeness (QED) is 0.453. The van der Waals surface area contributed by atoms with Crippen LogP contribution in [0.3, 0.4) is 0 Å². The zero-order chi connectivity index (χ0) is 9.72. The first-order valence-electron chi connectivity index (χ1n) is 3.89. The number of primary amides is 1. The van der Waals surface area contributed by atoms with Crippen molar-refractivity contribution in [2.24, 2.45) is 11.7 Å². The minimum Gasteiger partial charge on any atom is -0.377 e. The molecule has 0 saturated heterocycles. The maximum absolute atomic E-state index is 10.7. The van der Waals surface area contributed by atoms with Gasteiger partial charge >= 0.3 is 0 Å². The smallest absolute Gasteiger partial charge is 0.265 e. The van der Waals surface area contributed by atoms with Crippen LogP contribution in [0.1, 0.15) is 20.8 Å². The third-order valence-electron chi connectivity index (χ3n) is 1.78. The van der Waals surface area contributed by atoms with Crippen LogP contribution in [0.15, 0.2) is 11.1 Å². The number of thiol groups is 1. The molecule has 0 aromatic carbocycles. The van der Waals surface area contributed by atoms with Crippen molar-refractivity contribution < 1.29 is 4.79 Å². The van der Waals surface area contributed by atoms with Crippen LogP contribution in [0.25, 0.3) is 0 Å². The lowest BCUT2D eigenvalue weighted by atomic mass is 10.1. The molecule has 1 atom stereocenters. The van der Waals surface area contributed by atoms with Gasteiger partial charge in [0.25, 0.3) is 5.91 Å². The van der Waals surface area contributed by atoms with Crippen molar-refractivity contribution in [3.05, 3.63) is 11.1 Å². The molecule has 3 N–H and O–H groups in total. The average Bonchev–Trinajstić information content (AvgIpc) is 1.98. The zero-order valence-corrected chi connectivity index (χ0v) is 8.56. The molecule has 0 bridgehead atoms. The first-order valence-corrected chi connectivity index (χ1v) is 4.41. The molecule has 0 spiro atoms. The van der Waals surface area contributed by atoms with E-state index < -0.39 is 5.91 Å². The molecular formula is C8H16N2OS. The minimum absolute atomic E-state index is 0.218. The molecular weight excluding hydrogens is 172 g/mol. The van der Waals surface area contributed by atoms with Gasteiger partial charge in [-0.2, -0.15) is 0 Å². The largest absolute Gasteiger partial charge is 0.377 e. The van der Waals surface area contributed by atoms with Gasteiger partial charge in [-0.15, -0.1) is 12.6 Å². The van der Waals surface area contributed by atoms with Crippen molar-refractivity contribution in [2.45, 2.75) is 26.8 Å². The Labute approximate surface area is 78.8 Å². The molecule has 3 nitrogen and oxygen atoms in total. The molecule has 0 aromatic heterocycles. The van der Waals surface area contributed by atoms with Crippen molar-refractivity contribution in [1.29, 1.82) is 0 Å². The summed E-state index contributed by atoms with van der Waals surface area (Å²) >= 11 is 3.87. The Balaban J connectivity index is 4.14. The number of rotatable bonds is 4. The van der Waals surface area contributed by atoms with Gasteiger partial charge in [-0.3, -0.25) is 4.79 Å². The molecule has 4 heteroatoms. The summed E-state index contributed by atoms with van der Waals surface area (Å²) in [5.74, 6) is -0.0230. The van der Waals surface area contributed by atoms with Crippen LogP contribution < -0.4 is 11.1 Å². The van der Waals surface area contributed by atoms with E-state index >= 15 is 0 Å². The van der Waals surface area contributed by atoms with Crippen molar-refractivity contribution in [2.75, 3.05) is 0 Å². The number of carbonyl (C=O) groups is 1. The maximum Gasteiger partial charge on any atom is 0.265 e. The van der Waals surface area contributed by atoms with Crippen molar-refractivity contribution in [1.82, 2.24) is 5.32 Å². The summed E-state index contributed by atoms with van der Waals surface area (Å²) in [6.45, 7) is 6.12. The number of hydrogen-bond donors (Lipinski definition) is 3. The summed E-state index contributed by atoms with van der Waals surface area (Å²) < 4.78 is 0. The van der Waals surface area contributed by atoms with E-state index in [-0.39, 0.29) is 6.04 Å². The molecule has 0 aliphatic carbocycles. The molecule has 0 aliphatic rings. The Kier molecular flexibility index (Phi) is 4.81. The fourth-order valence-corrected chi connectivity index (χ4v) is 0.786. The van der Waals surface area contributed by atoms with Gasteiger partial charge in [0.15, 0.2) is 0 Å². The number of hydrogen-bond acceptors (Lipinski definition) is 3. The van der Waals surface area contributed by atoms with Gasteiger partial charge in [-0.05, 0) is 18.2 Å². The van der Waals surface area contributed by atoms with Crippen molar-refractivity contribution >= 4 is 18.5 Å². The third kappa shape index (κ3) is 3.67. The third-order valence-corrected chi connectivity index (χ3v) is 2.04. The highest BCUT2D eigenvalue weighted by molar-refractivity contribution is 7.83. The van der Waals surface area contributed by atoms with Gasteiger partial charge in [-0.1, -0.05) is 13.8 Å². The van der Waals surface area contributed by atoms with Gasteiger partial charge in [0.1, 0.15) is 5.70 Å². The highest BCUT2D eigenvalue weighted by Crippen LogP contribution is 2.03. The first-order chi connectivity index (χ1) is 5.49. The number of nitrogens with two attached hydrogens (primary N) is 1. The van der Waals surface area contributed by atoms with Crippen LogP contribution in [-0.4, -0.2) is 11.9 Å². The normalized spacial score (nSPS) is 14.6. The number of carbonyl (C=O) groups excluding carboxylic acids is 1. The minimum atomic E-state index is -0.475. The Morgan fingerprint density at radius 3 is 2.25 bits per heavy atom. The second kappa shape index (κ2) is 5.09. The molecule has 0 aliphatic heterocycles. The topological polar surface area (TPSA) is 55.1 Å². The molecule has 0 unspecified atom stereocenters. The van der Waals surface area contributed by atoms with Crippen molar-refractivity contribution in [3.8, 4) is 0 Å². The van der Waals surface area contributed by atoms with Gasteiger partial charge in [-0.25, -0.2) is 0 Å². The number of nitrogens with one attached hydrogen (secondary N) is 1. The average molecular weight is 188 g/mol. The predicted octanol–water partition coefficient (Wildman–Crippen LogP) is 0.877. The summed E-state index contributed by atoms with van der Waals surface area (Å²) in [7, 11) is 0. The van der Waals surface area contributed by atoms with Gasteiger partial charge in [0.05, 0.1) is 0 Å². The van der Waals surface area contributed by atoms with E-state index in [9.17, 15) is 4.79 Å². The lowest BCUT2D eigenvalue weighted by Gasteiger charge is -2.18. The van der Waals surface area contributed by atoms with E-state index in [1.807, 2.05) is 6.92 Å². The van der Waals surface area contributed by atoms with Crippen LogP contribution >= 0.6 is 12.6 Å². The molecule has 70 valence electrons. The van der Waals surface area contributed by atoms with Gasteiger partial charge in [0, 0.05) is 6.04 Å². The van der Waals surface area contributed by atoms with Crippen molar-refractivity contribution in [3.63, 3.8) is 0 Å². The summed E-state index contributed by atoms with van der Waals surface area (Å²) in [5.41, 5.74) is 5.44. The monoisotopic (exact) mass is 188 g/mol. The highest BCUT2D eigenvalue weighted by Gasteiger charge is 2.10. The summed E-state index contributed by atoms with van der Waals surface area (Å²) in [4.78, 5) is 10.7. The molecule has 12 heavy (non-hydrogen) atoms. The van der Waals surface area contributed by atoms with E-state index in [4.69, 9.17) is 5.73 Å². The summed E-state index contributed by atoms with van der Waals surface area (Å²) in [6.07, 6.45) is 0. The van der Waals surface area contributed by atoms with Gasteiger partial charge in [0.2, 0.25) is 0 Å². The Bertz CT molecular complexity index is 189. The SMILES string of the molecule is CC(C)[C@H](C)N/C(=C\S)C(N)=O. The zero-order valence-electron chi connectivity index (χ0n) is 7.66. The summed E-state index contributed by atoms with van der Waals surface area (Å²) in [6, 6.07) is 0.218. The molecule has 0 fully saturated rings. The molecule has 0 saturated carbocycles. The van der Waals surface area contributed by atoms with E-state index in [2.05, 4.69) is 31.8 Å². The molecule has 0 heterocycles. The van der Waals surface area contributed by atoms with Gasteiger partial charge < -0.3 is 11.1 Å². The Morgan fingerprint density at radius 2 is 2.00 bits per heavy atom. The molecule has 0 aromatic rings. The highest BCUT2D eigenvalue weighted by atomic mass is 32.1. The van der Waals surface area contributed by atoms with E-state index in [0.717, 1.165) is 0 Å². The summed E-state index contributed by atoms with van der Waals surface area (Å²) in [5, 5.41) is 4.37. The first kappa shape index (κ1) is 11.4. The number of amides is 1. The van der Waals surface area contributed by atoms with Crippen LogP contribution in [0.5, 0.6) is 0 Å². The molecule has 0 rings (SSSR count). The fourth-order valence-electron chi connectivity index (χ4n) is 0.584. The van der Waals surface area contributed by atoms with E-state index in [1.165, 1.54) is 5.41 Å². The standard InChI is InChI=1S/C8H16N2OS/c1-5(2)6(3)10-7(4-12)8(9)11/h4-6,10,12H,1-3H3,(H2,9,11)/b7-4-/t6-/m0/s1. The lowest BCUT2D eigenvalue weighted by molar-refractivity contribution is -0.115. The fraction of sp³-hybridized carbons (Fsp3) is 0.625. The van der Waals surface area contributed by atoms with Crippen LogP contribution in [0.2, 0.25) is 0 Å². The maximum atomic E-state index is 10.7. The van der Waals surface area contributed by atoms with Crippen LogP contribution in [-0.2, 0) is 4.79 Å². The van der Waals surface area contributed by atoms with E-state index in [0.29, 0.717) is 11.6 Å². The van der Waals surface area contributed by atoms with E-state index in [1.54, 1.807) is 0 Å². The second-order valence-corrected chi connectivity index (χ2v) is 3.34. The van der Waals surface area contributed by atoms with Crippen LogP contribution in [0, 0.1) is 5.92 Å². The Morgan fingerprint density at radius 1 is 1.50 bits per heavy atom. The molecule has 1 amide bonds. The predicted molar refractivity (Wildman–Crippen MR) is 53.7 cm³/mol. The molecule has 0 radical (unpaired) electrons. The lowest BCUT2D eigenvalue weighted by Crippen LogP contribution is -2.35. The second-order valence-electron chi connectivity index (χ2n) is 3.08.